The molecule has 1 unspecified atom stereocenters. The molecule has 0 saturated carbocycles. The molecule has 0 aromatic carbocycles. The number of hydrogen-bond acceptors (Lipinski definition) is 2. The van der Waals surface area contributed by atoms with E-state index in [-0.39, 0.29) is 6.42 Å². The molecular weight excluding hydrogens is 288 g/mol. The fourth-order valence-corrected chi connectivity index (χ4v) is 2.72. The summed E-state index contributed by atoms with van der Waals surface area (Å²) in [5.41, 5.74) is 5.91. The lowest BCUT2D eigenvalue weighted by atomic mass is 10.1. The Bertz CT molecular complexity index is 479. The molecule has 0 amide bonds. The minimum atomic E-state index is -1.33. The van der Waals surface area contributed by atoms with Crippen LogP contribution in [0.25, 0.3) is 0 Å². The molecule has 128 valence electrons. The molecule has 0 aromatic rings. The van der Waals surface area contributed by atoms with Gasteiger partial charge in [0.15, 0.2) is 6.10 Å². The van der Waals surface area contributed by atoms with Crippen molar-refractivity contribution in [3.05, 3.63) is 41.2 Å². The van der Waals surface area contributed by atoms with E-state index < -0.39 is 12.1 Å². The standard InChI is InChI=1S/C20H30O3/c1-2-3-4-5-6-8-12-17-14-11-15-18(17)13-9-7-10-16-19(21)20(22)23/h8-10,12,19,21H,2-6,11,13-16H2,1H3,(H,22,23)/b12-8+. The van der Waals surface area contributed by atoms with Crippen molar-refractivity contribution in [1.29, 1.82) is 0 Å². The van der Waals surface area contributed by atoms with Gasteiger partial charge in [-0.25, -0.2) is 4.79 Å². The van der Waals surface area contributed by atoms with Gasteiger partial charge in [0.2, 0.25) is 0 Å². The Hall–Kier alpha value is -1.57. The molecule has 3 heteroatoms. The molecule has 0 bridgehead atoms. The highest BCUT2D eigenvalue weighted by atomic mass is 16.4. The van der Waals surface area contributed by atoms with Crippen molar-refractivity contribution in [2.45, 2.75) is 77.2 Å². The molecule has 0 spiro atoms. The van der Waals surface area contributed by atoms with Crippen LogP contribution >= 0.6 is 0 Å². The Labute approximate surface area is 140 Å². The van der Waals surface area contributed by atoms with Gasteiger partial charge in [-0.05, 0) is 56.3 Å². The monoisotopic (exact) mass is 318 g/mol. The molecule has 1 aliphatic rings. The largest absolute Gasteiger partial charge is 0.479 e. The topological polar surface area (TPSA) is 57.5 Å². The van der Waals surface area contributed by atoms with Crippen molar-refractivity contribution in [2.75, 3.05) is 0 Å². The molecule has 23 heavy (non-hydrogen) atoms. The first kappa shape index (κ1) is 19.5. The van der Waals surface area contributed by atoms with E-state index in [0.29, 0.717) is 0 Å². The van der Waals surface area contributed by atoms with Crippen LogP contribution in [0.5, 0.6) is 0 Å². The van der Waals surface area contributed by atoms with Crippen LogP contribution in [0.2, 0.25) is 0 Å². The van der Waals surface area contributed by atoms with Crippen LogP contribution in [-0.4, -0.2) is 22.3 Å². The summed E-state index contributed by atoms with van der Waals surface area (Å²) in [5.74, 6) is -1.19. The highest BCUT2D eigenvalue weighted by Crippen LogP contribution is 2.29. The van der Waals surface area contributed by atoms with Crippen molar-refractivity contribution < 1.29 is 15.0 Å². The Morgan fingerprint density at radius 1 is 1.26 bits per heavy atom. The van der Waals surface area contributed by atoms with E-state index in [1.807, 2.05) is 6.08 Å². The molecule has 1 atom stereocenters. The molecule has 0 fully saturated rings. The first-order chi connectivity index (χ1) is 11.1. The molecule has 1 rings (SSSR count). The van der Waals surface area contributed by atoms with Crippen molar-refractivity contribution in [2.24, 2.45) is 0 Å². The van der Waals surface area contributed by atoms with Crippen LogP contribution in [0.4, 0.5) is 0 Å². The van der Waals surface area contributed by atoms with Crippen molar-refractivity contribution in [3.8, 4) is 0 Å². The van der Waals surface area contributed by atoms with E-state index >= 15 is 0 Å². The lowest BCUT2D eigenvalue weighted by molar-refractivity contribution is -0.146. The molecule has 1 aliphatic carbocycles. The van der Waals surface area contributed by atoms with E-state index in [2.05, 4.69) is 24.8 Å². The zero-order chi connectivity index (χ0) is 16.9. The fourth-order valence-electron chi connectivity index (χ4n) is 2.72. The van der Waals surface area contributed by atoms with Crippen LogP contribution in [0.15, 0.2) is 41.2 Å². The van der Waals surface area contributed by atoms with Gasteiger partial charge in [0, 0.05) is 6.42 Å². The predicted octanol–water partition coefficient (Wildman–Crippen LogP) is 4.93. The molecule has 0 saturated heterocycles. The van der Waals surface area contributed by atoms with E-state index in [4.69, 9.17) is 10.2 Å². The zero-order valence-electron chi connectivity index (χ0n) is 14.3. The minimum Gasteiger partial charge on any atom is -0.479 e. The van der Waals surface area contributed by atoms with Gasteiger partial charge < -0.3 is 10.2 Å². The first-order valence-corrected chi connectivity index (χ1v) is 8.82. The first-order valence-electron chi connectivity index (χ1n) is 8.82. The van der Waals surface area contributed by atoms with Gasteiger partial charge in [0.05, 0.1) is 0 Å². The maximum atomic E-state index is 10.5. The third-order valence-corrected chi connectivity index (χ3v) is 4.13. The van der Waals surface area contributed by atoms with Gasteiger partial charge >= 0.3 is 5.97 Å². The number of aliphatic hydroxyl groups excluding tert-OH is 1. The van der Waals surface area contributed by atoms with Gasteiger partial charge in [0.25, 0.3) is 0 Å². The quantitative estimate of drug-likeness (QED) is 0.419. The number of rotatable bonds is 11. The number of allylic oxidation sites excluding steroid dienone is 4. The zero-order valence-corrected chi connectivity index (χ0v) is 14.3. The van der Waals surface area contributed by atoms with E-state index in [9.17, 15) is 4.79 Å². The normalized spacial score (nSPS) is 15.7. The highest BCUT2D eigenvalue weighted by Gasteiger charge is 2.11. The predicted molar refractivity (Wildman–Crippen MR) is 94.3 cm³/mol. The Morgan fingerprint density at radius 2 is 2.09 bits per heavy atom. The van der Waals surface area contributed by atoms with E-state index in [1.54, 1.807) is 6.08 Å². The lowest BCUT2D eigenvalue weighted by Gasteiger charge is -2.00. The third-order valence-electron chi connectivity index (χ3n) is 4.13. The summed E-state index contributed by atoms with van der Waals surface area (Å²) >= 11 is 0. The number of carboxylic acid groups (broad SMARTS) is 1. The van der Waals surface area contributed by atoms with Crippen molar-refractivity contribution >= 4 is 5.97 Å². The molecule has 0 heterocycles. The SMILES string of the molecule is CCCCCC/C=C/C1=C(CC=C=CCC(O)C(=O)O)CCC1. The Balaban J connectivity index is 2.39. The maximum Gasteiger partial charge on any atom is 0.332 e. The average molecular weight is 318 g/mol. The number of carbonyl (C=O) groups is 1. The van der Waals surface area contributed by atoms with Crippen LogP contribution in [-0.2, 0) is 4.79 Å². The third kappa shape index (κ3) is 8.59. The van der Waals surface area contributed by atoms with Crippen LogP contribution in [0, 0.1) is 0 Å². The smallest absolute Gasteiger partial charge is 0.332 e. The summed E-state index contributed by atoms with van der Waals surface area (Å²) in [7, 11) is 0. The van der Waals surface area contributed by atoms with Gasteiger partial charge in [0.1, 0.15) is 0 Å². The summed E-state index contributed by atoms with van der Waals surface area (Å²) in [4.78, 5) is 10.5. The highest BCUT2D eigenvalue weighted by molar-refractivity contribution is 5.72. The summed E-state index contributed by atoms with van der Waals surface area (Å²) < 4.78 is 0. The number of aliphatic hydroxyl groups is 1. The minimum absolute atomic E-state index is 0.107. The number of carboxylic acids is 1. The van der Waals surface area contributed by atoms with Gasteiger partial charge in [-0.15, -0.1) is 5.73 Å². The summed E-state index contributed by atoms with van der Waals surface area (Å²) in [6.07, 6.45) is 17.7. The van der Waals surface area contributed by atoms with Gasteiger partial charge in [-0.2, -0.15) is 0 Å². The van der Waals surface area contributed by atoms with E-state index in [1.165, 1.54) is 49.7 Å². The van der Waals surface area contributed by atoms with Crippen molar-refractivity contribution in [1.82, 2.24) is 0 Å². The molecular formula is C20H30O3. The Kier molecular flexibility index (Phi) is 10.1. The second-order valence-electron chi connectivity index (χ2n) is 6.10. The summed E-state index contributed by atoms with van der Waals surface area (Å²) in [6.45, 7) is 2.23. The molecule has 0 aliphatic heterocycles. The van der Waals surface area contributed by atoms with Crippen LogP contribution in [0.1, 0.15) is 71.1 Å². The van der Waals surface area contributed by atoms with Crippen molar-refractivity contribution in [3.63, 3.8) is 0 Å². The number of aliphatic carboxylic acids is 1. The molecule has 2 N–H and O–H groups in total. The second-order valence-corrected chi connectivity index (χ2v) is 6.10. The summed E-state index contributed by atoms with van der Waals surface area (Å²) in [5, 5.41) is 17.7. The number of hydrogen-bond donors (Lipinski definition) is 2. The second kappa shape index (κ2) is 11.9. The maximum absolute atomic E-state index is 10.5. The molecule has 0 aromatic heterocycles. The van der Waals surface area contributed by atoms with Crippen LogP contribution in [0.3, 0.4) is 0 Å². The number of unbranched alkanes of at least 4 members (excludes halogenated alkanes) is 4. The molecule has 0 radical (unpaired) electrons. The molecule has 3 nitrogen and oxygen atoms in total. The summed E-state index contributed by atoms with van der Waals surface area (Å²) in [6, 6.07) is 0. The van der Waals surface area contributed by atoms with Gasteiger partial charge in [-0.1, -0.05) is 43.9 Å². The lowest BCUT2D eigenvalue weighted by Crippen LogP contribution is -2.17. The van der Waals surface area contributed by atoms with Crippen LogP contribution < -0.4 is 0 Å². The fraction of sp³-hybridized carbons (Fsp3) is 0.600. The average Bonchev–Trinajstić information content (AvgIpc) is 2.97. The van der Waals surface area contributed by atoms with Gasteiger partial charge in [-0.3, -0.25) is 0 Å². The van der Waals surface area contributed by atoms with E-state index in [0.717, 1.165) is 19.3 Å². The Morgan fingerprint density at radius 3 is 2.83 bits per heavy atom.